The summed E-state index contributed by atoms with van der Waals surface area (Å²) in [5, 5.41) is 0.139. The molecule has 0 heterocycles. The van der Waals surface area contributed by atoms with Crippen LogP contribution >= 0.6 is 11.8 Å². The zero-order valence-electron chi connectivity index (χ0n) is 14.5. The number of benzene rings is 1. The number of hydrogen-bond donors (Lipinski definition) is 0. The third-order valence-electron chi connectivity index (χ3n) is 6.31. The van der Waals surface area contributed by atoms with Crippen molar-refractivity contribution in [2.45, 2.75) is 55.8 Å². The molecule has 1 amide bonds. The molecule has 5 rings (SSSR count). The molecule has 0 N–H and O–H groups in total. The van der Waals surface area contributed by atoms with Crippen LogP contribution in [0.25, 0.3) is 0 Å². The van der Waals surface area contributed by atoms with Crippen molar-refractivity contribution in [2.24, 2.45) is 17.8 Å². The predicted octanol–water partition coefficient (Wildman–Crippen LogP) is 5.24. The molecule has 23 heavy (non-hydrogen) atoms. The van der Waals surface area contributed by atoms with Crippen molar-refractivity contribution in [3.63, 3.8) is 0 Å². The predicted molar refractivity (Wildman–Crippen MR) is 96.0 cm³/mol. The van der Waals surface area contributed by atoms with Gasteiger partial charge < -0.3 is 4.90 Å². The number of nitrogens with zero attached hydrogens (tertiary/aromatic N) is 1. The van der Waals surface area contributed by atoms with Gasteiger partial charge in [-0.15, -0.1) is 0 Å². The maximum absolute atomic E-state index is 12.3. The molecule has 0 aromatic heterocycles. The van der Waals surface area contributed by atoms with E-state index in [1.807, 2.05) is 14.1 Å². The molecule has 0 atom stereocenters. The van der Waals surface area contributed by atoms with Gasteiger partial charge in [0.25, 0.3) is 5.24 Å². The summed E-state index contributed by atoms with van der Waals surface area (Å²) in [7, 11) is 3.68. The fourth-order valence-electron chi connectivity index (χ4n) is 5.77. The zero-order valence-corrected chi connectivity index (χ0v) is 15.3. The SMILES string of the molecule is Cc1ccc(SC(=O)N(C)C)c(C23CC4CC(CC(C4)C2)C3)c1. The summed E-state index contributed by atoms with van der Waals surface area (Å²) >= 11 is 1.42. The summed E-state index contributed by atoms with van der Waals surface area (Å²) in [5.74, 6) is 2.80. The van der Waals surface area contributed by atoms with E-state index in [2.05, 4.69) is 25.1 Å². The van der Waals surface area contributed by atoms with Crippen molar-refractivity contribution in [1.29, 1.82) is 0 Å². The standard InChI is InChI=1S/C20H27NOS/c1-13-4-5-18(23-19(22)21(2)3)17(6-13)20-10-14-7-15(11-20)9-16(8-14)12-20/h4-6,14-16H,7-12H2,1-3H3. The third kappa shape index (κ3) is 2.71. The molecular weight excluding hydrogens is 302 g/mol. The molecule has 1 aromatic rings. The van der Waals surface area contributed by atoms with Crippen molar-refractivity contribution in [1.82, 2.24) is 4.90 Å². The van der Waals surface area contributed by atoms with E-state index < -0.39 is 0 Å². The Morgan fingerprint density at radius 1 is 1.09 bits per heavy atom. The molecule has 2 nitrogen and oxygen atoms in total. The zero-order chi connectivity index (χ0) is 16.2. The second kappa shape index (κ2) is 5.54. The Morgan fingerprint density at radius 3 is 2.17 bits per heavy atom. The van der Waals surface area contributed by atoms with Crippen LogP contribution < -0.4 is 0 Å². The minimum atomic E-state index is 0.139. The van der Waals surface area contributed by atoms with Gasteiger partial charge in [0.1, 0.15) is 0 Å². The number of rotatable bonds is 2. The second-order valence-corrected chi connectivity index (χ2v) is 9.45. The van der Waals surface area contributed by atoms with Gasteiger partial charge in [0.2, 0.25) is 0 Å². The first kappa shape index (κ1) is 15.6. The number of carbonyl (C=O) groups is 1. The number of aryl methyl sites for hydroxylation is 1. The first-order chi connectivity index (χ1) is 10.9. The third-order valence-corrected chi connectivity index (χ3v) is 7.42. The lowest BCUT2D eigenvalue weighted by atomic mass is 9.48. The molecule has 4 bridgehead atoms. The van der Waals surface area contributed by atoms with Gasteiger partial charge in [-0.25, -0.2) is 0 Å². The molecular formula is C20H27NOS. The molecule has 0 saturated heterocycles. The smallest absolute Gasteiger partial charge is 0.285 e. The Hall–Kier alpha value is -0.960. The number of thioether (sulfide) groups is 1. The van der Waals surface area contributed by atoms with Gasteiger partial charge in [-0.1, -0.05) is 17.7 Å². The van der Waals surface area contributed by atoms with Crippen molar-refractivity contribution in [3.05, 3.63) is 29.3 Å². The minimum Gasteiger partial charge on any atom is -0.339 e. The highest BCUT2D eigenvalue weighted by atomic mass is 32.2. The first-order valence-corrected chi connectivity index (χ1v) is 9.77. The lowest BCUT2D eigenvalue weighted by Crippen LogP contribution is -2.48. The summed E-state index contributed by atoms with van der Waals surface area (Å²) in [6.45, 7) is 2.19. The first-order valence-electron chi connectivity index (χ1n) is 8.95. The summed E-state index contributed by atoms with van der Waals surface area (Å²) in [5.41, 5.74) is 3.17. The van der Waals surface area contributed by atoms with Crippen LogP contribution in [0.4, 0.5) is 4.79 Å². The second-order valence-electron chi connectivity index (χ2n) is 8.46. The normalized spacial score (nSPS) is 34.7. The molecule has 4 aliphatic carbocycles. The van der Waals surface area contributed by atoms with Crippen LogP contribution in [0.5, 0.6) is 0 Å². The maximum Gasteiger partial charge on any atom is 0.285 e. The average Bonchev–Trinajstić information content (AvgIpc) is 2.47. The molecule has 124 valence electrons. The van der Waals surface area contributed by atoms with Crippen molar-refractivity contribution in [2.75, 3.05) is 14.1 Å². The lowest BCUT2D eigenvalue weighted by Gasteiger charge is -2.57. The molecule has 4 aliphatic rings. The van der Waals surface area contributed by atoms with Crippen LogP contribution in [0.1, 0.15) is 49.7 Å². The van der Waals surface area contributed by atoms with Gasteiger partial charge in [0.05, 0.1) is 0 Å². The van der Waals surface area contributed by atoms with E-state index in [9.17, 15) is 4.79 Å². The van der Waals surface area contributed by atoms with E-state index in [1.165, 1.54) is 66.3 Å². The Balaban J connectivity index is 1.73. The highest BCUT2D eigenvalue weighted by Crippen LogP contribution is 2.61. The van der Waals surface area contributed by atoms with E-state index in [0.29, 0.717) is 5.41 Å². The van der Waals surface area contributed by atoms with Gasteiger partial charge in [-0.05, 0) is 92.0 Å². The Kier molecular flexibility index (Phi) is 3.75. The average molecular weight is 330 g/mol. The molecule has 1 aromatic carbocycles. The Morgan fingerprint density at radius 2 is 1.65 bits per heavy atom. The molecule has 4 saturated carbocycles. The summed E-state index contributed by atoms with van der Waals surface area (Å²) < 4.78 is 0. The van der Waals surface area contributed by atoms with Crippen molar-refractivity contribution >= 4 is 17.0 Å². The molecule has 0 spiro atoms. The summed E-state index contributed by atoms with van der Waals surface area (Å²) in [4.78, 5) is 15.2. The maximum atomic E-state index is 12.3. The fraction of sp³-hybridized carbons (Fsp3) is 0.650. The molecule has 0 radical (unpaired) electrons. The minimum absolute atomic E-state index is 0.139. The number of hydrogen-bond acceptors (Lipinski definition) is 2. The molecule has 0 unspecified atom stereocenters. The lowest BCUT2D eigenvalue weighted by molar-refractivity contribution is -0.00640. The highest BCUT2D eigenvalue weighted by molar-refractivity contribution is 8.13. The van der Waals surface area contributed by atoms with E-state index in [0.717, 1.165) is 17.8 Å². The number of carbonyl (C=O) groups excluding carboxylic acids is 1. The molecule has 0 aliphatic heterocycles. The number of amides is 1. The van der Waals surface area contributed by atoms with E-state index in [-0.39, 0.29) is 5.24 Å². The van der Waals surface area contributed by atoms with Gasteiger partial charge >= 0.3 is 0 Å². The van der Waals surface area contributed by atoms with Gasteiger partial charge in [-0.2, -0.15) is 0 Å². The molecule has 4 fully saturated rings. The van der Waals surface area contributed by atoms with Crippen LogP contribution in [-0.4, -0.2) is 24.2 Å². The van der Waals surface area contributed by atoms with Crippen molar-refractivity contribution in [3.8, 4) is 0 Å². The van der Waals surface area contributed by atoms with E-state index >= 15 is 0 Å². The summed E-state index contributed by atoms with van der Waals surface area (Å²) in [6, 6.07) is 6.74. The topological polar surface area (TPSA) is 20.3 Å². The van der Waals surface area contributed by atoms with Crippen LogP contribution in [0, 0.1) is 24.7 Å². The van der Waals surface area contributed by atoms with Gasteiger partial charge in [-0.3, -0.25) is 4.79 Å². The molecule has 3 heteroatoms. The fourth-order valence-corrected chi connectivity index (χ4v) is 6.67. The quantitative estimate of drug-likeness (QED) is 0.692. The van der Waals surface area contributed by atoms with E-state index in [4.69, 9.17) is 0 Å². The van der Waals surface area contributed by atoms with Crippen LogP contribution in [0.2, 0.25) is 0 Å². The Bertz CT molecular complexity index is 601. The van der Waals surface area contributed by atoms with Crippen molar-refractivity contribution < 1.29 is 4.79 Å². The Labute approximate surface area is 144 Å². The monoisotopic (exact) mass is 329 g/mol. The van der Waals surface area contributed by atoms with Crippen LogP contribution in [0.15, 0.2) is 23.1 Å². The highest BCUT2D eigenvalue weighted by Gasteiger charge is 2.52. The largest absolute Gasteiger partial charge is 0.339 e. The van der Waals surface area contributed by atoms with Crippen LogP contribution in [-0.2, 0) is 5.41 Å². The van der Waals surface area contributed by atoms with E-state index in [1.54, 1.807) is 4.90 Å². The summed E-state index contributed by atoms with van der Waals surface area (Å²) in [6.07, 6.45) is 8.45. The van der Waals surface area contributed by atoms with Crippen LogP contribution in [0.3, 0.4) is 0 Å². The van der Waals surface area contributed by atoms with Gasteiger partial charge in [0.15, 0.2) is 0 Å². The van der Waals surface area contributed by atoms with Gasteiger partial charge in [0, 0.05) is 19.0 Å².